The number of hydrogen-bond acceptors (Lipinski definition) is 4. The zero-order valence-electron chi connectivity index (χ0n) is 18.0. The molecular formula is C21H32F3N5O. The lowest BCUT2D eigenvalue weighted by Crippen LogP contribution is -2.46. The minimum absolute atomic E-state index is 0.237. The molecule has 9 heteroatoms. The molecule has 0 radical (unpaired) electrons. The van der Waals surface area contributed by atoms with Crippen LogP contribution in [0.25, 0.3) is 0 Å². The van der Waals surface area contributed by atoms with E-state index in [1.807, 2.05) is 0 Å². The van der Waals surface area contributed by atoms with Crippen LogP contribution in [0, 0.1) is 0 Å². The zero-order chi connectivity index (χ0) is 21.8. The summed E-state index contributed by atoms with van der Waals surface area (Å²) in [6, 6.07) is 4.01. The van der Waals surface area contributed by atoms with Crippen LogP contribution in [0.2, 0.25) is 0 Å². The van der Waals surface area contributed by atoms with Crippen LogP contribution < -0.4 is 15.5 Å². The normalized spacial score (nSPS) is 23.7. The van der Waals surface area contributed by atoms with Gasteiger partial charge in [-0.05, 0) is 50.6 Å². The van der Waals surface area contributed by atoms with Crippen molar-refractivity contribution in [2.45, 2.75) is 38.1 Å². The van der Waals surface area contributed by atoms with Gasteiger partial charge in [0.2, 0.25) is 0 Å². The molecule has 0 spiro atoms. The van der Waals surface area contributed by atoms with Crippen molar-refractivity contribution >= 4 is 11.6 Å². The first-order chi connectivity index (χ1) is 14.2. The van der Waals surface area contributed by atoms with Crippen LogP contribution in [-0.2, 0) is 17.5 Å². The van der Waals surface area contributed by atoms with Crippen LogP contribution in [0.15, 0.2) is 23.2 Å². The summed E-state index contributed by atoms with van der Waals surface area (Å²) >= 11 is 0. The largest absolute Gasteiger partial charge is 0.416 e. The highest BCUT2D eigenvalue weighted by atomic mass is 19.4. The number of rotatable bonds is 5. The maximum Gasteiger partial charge on any atom is 0.416 e. The highest BCUT2D eigenvalue weighted by Crippen LogP contribution is 2.33. The average Bonchev–Trinajstić information content (AvgIpc) is 3.15. The molecule has 2 saturated heterocycles. The Morgan fingerprint density at radius 1 is 1.20 bits per heavy atom. The van der Waals surface area contributed by atoms with Gasteiger partial charge in [-0.3, -0.25) is 4.99 Å². The number of benzene rings is 1. The van der Waals surface area contributed by atoms with Gasteiger partial charge in [0.15, 0.2) is 5.96 Å². The molecule has 0 bridgehead atoms. The minimum Gasteiger partial charge on any atom is -0.373 e. The standard InChI is InChI=1S/C21H32F3N5O/c1-20(7-4-12-30-20)15-27-19(25-2)26-14-16-13-17(21(22,23)24)5-6-18(16)29-10-8-28(3)9-11-29/h5-6,13H,4,7-12,14-15H2,1-3H3,(H2,25,26,27). The van der Waals surface area contributed by atoms with E-state index in [4.69, 9.17) is 4.74 Å². The fourth-order valence-corrected chi connectivity index (χ4v) is 3.91. The first-order valence-corrected chi connectivity index (χ1v) is 10.4. The molecule has 3 rings (SSSR count). The Hall–Kier alpha value is -2.00. The molecule has 1 aromatic rings. The van der Waals surface area contributed by atoms with Gasteiger partial charge in [0.1, 0.15) is 0 Å². The number of nitrogens with zero attached hydrogens (tertiary/aromatic N) is 3. The summed E-state index contributed by atoms with van der Waals surface area (Å²) in [5.41, 5.74) is 0.580. The van der Waals surface area contributed by atoms with Crippen molar-refractivity contribution in [2.24, 2.45) is 4.99 Å². The number of aliphatic imine (C=N–C) groups is 1. The van der Waals surface area contributed by atoms with Crippen LogP contribution in [0.1, 0.15) is 30.9 Å². The molecule has 0 aromatic heterocycles. The minimum atomic E-state index is -4.37. The molecule has 2 aliphatic heterocycles. The van der Waals surface area contributed by atoms with E-state index in [9.17, 15) is 13.2 Å². The lowest BCUT2D eigenvalue weighted by atomic mass is 10.0. The molecular weight excluding hydrogens is 395 g/mol. The second-order valence-electron chi connectivity index (χ2n) is 8.31. The molecule has 2 heterocycles. The summed E-state index contributed by atoms with van der Waals surface area (Å²) in [4.78, 5) is 8.59. The number of anilines is 1. The summed E-state index contributed by atoms with van der Waals surface area (Å²) in [6.45, 7) is 7.01. The van der Waals surface area contributed by atoms with Gasteiger partial charge in [-0.15, -0.1) is 0 Å². The molecule has 6 nitrogen and oxygen atoms in total. The summed E-state index contributed by atoms with van der Waals surface area (Å²) in [5, 5.41) is 6.42. The first kappa shape index (κ1) is 22.7. The molecule has 2 aliphatic rings. The SMILES string of the molecule is CN=C(NCc1cc(C(F)(F)F)ccc1N1CCN(C)CC1)NCC1(C)CCCO1. The van der Waals surface area contributed by atoms with Crippen LogP contribution in [0.5, 0.6) is 0 Å². The summed E-state index contributed by atoms with van der Waals surface area (Å²) in [6.07, 6.45) is -2.37. The van der Waals surface area contributed by atoms with E-state index in [1.54, 1.807) is 13.1 Å². The van der Waals surface area contributed by atoms with Gasteiger partial charge in [0.25, 0.3) is 0 Å². The number of ether oxygens (including phenoxy) is 1. The van der Waals surface area contributed by atoms with Gasteiger partial charge in [0.05, 0.1) is 11.2 Å². The van der Waals surface area contributed by atoms with Crippen molar-refractivity contribution in [1.29, 1.82) is 0 Å². The number of likely N-dealkylation sites (N-methyl/N-ethyl adjacent to an activating group) is 1. The lowest BCUT2D eigenvalue weighted by Gasteiger charge is -2.35. The maximum absolute atomic E-state index is 13.3. The maximum atomic E-state index is 13.3. The molecule has 1 atom stereocenters. The molecule has 30 heavy (non-hydrogen) atoms. The molecule has 0 saturated carbocycles. The van der Waals surface area contributed by atoms with Crippen LogP contribution in [-0.4, -0.2) is 69.9 Å². The van der Waals surface area contributed by atoms with Crippen LogP contribution >= 0.6 is 0 Å². The molecule has 1 aromatic carbocycles. The molecule has 0 aliphatic carbocycles. The predicted octanol–water partition coefficient (Wildman–Crippen LogP) is 2.69. The van der Waals surface area contributed by atoms with Crippen LogP contribution in [0.3, 0.4) is 0 Å². The zero-order valence-corrected chi connectivity index (χ0v) is 18.0. The third-order valence-corrected chi connectivity index (χ3v) is 5.85. The summed E-state index contributed by atoms with van der Waals surface area (Å²) in [7, 11) is 3.71. The first-order valence-electron chi connectivity index (χ1n) is 10.4. The Balaban J connectivity index is 1.71. The molecule has 2 fully saturated rings. The van der Waals surface area contributed by atoms with E-state index in [1.165, 1.54) is 12.1 Å². The number of guanidine groups is 1. The quantitative estimate of drug-likeness (QED) is 0.559. The third-order valence-electron chi connectivity index (χ3n) is 5.85. The van der Waals surface area contributed by atoms with E-state index in [2.05, 4.69) is 39.4 Å². The Kier molecular flexibility index (Phi) is 7.13. The van der Waals surface area contributed by atoms with Gasteiger partial charge in [-0.1, -0.05) is 0 Å². The number of alkyl halides is 3. The summed E-state index contributed by atoms with van der Waals surface area (Å²) < 4.78 is 45.7. The van der Waals surface area contributed by atoms with Gasteiger partial charge in [-0.2, -0.15) is 13.2 Å². The fourth-order valence-electron chi connectivity index (χ4n) is 3.91. The highest BCUT2D eigenvalue weighted by molar-refractivity contribution is 5.80. The number of hydrogen-bond donors (Lipinski definition) is 2. The van der Waals surface area contributed by atoms with Gasteiger partial charge in [-0.25, -0.2) is 0 Å². The van der Waals surface area contributed by atoms with Gasteiger partial charge < -0.3 is 25.2 Å². The monoisotopic (exact) mass is 427 g/mol. The number of nitrogens with one attached hydrogen (secondary N) is 2. The topological polar surface area (TPSA) is 52.1 Å². The third kappa shape index (κ3) is 5.78. The fraction of sp³-hybridized carbons (Fsp3) is 0.667. The van der Waals surface area contributed by atoms with E-state index in [0.29, 0.717) is 18.1 Å². The lowest BCUT2D eigenvalue weighted by molar-refractivity contribution is -0.137. The molecule has 168 valence electrons. The van der Waals surface area contributed by atoms with Gasteiger partial charge in [0, 0.05) is 58.6 Å². The summed E-state index contributed by atoms with van der Waals surface area (Å²) in [5.74, 6) is 0.550. The molecule has 1 unspecified atom stereocenters. The average molecular weight is 428 g/mol. The second-order valence-corrected chi connectivity index (χ2v) is 8.31. The molecule has 2 N–H and O–H groups in total. The van der Waals surface area contributed by atoms with Crippen molar-refractivity contribution in [3.8, 4) is 0 Å². The van der Waals surface area contributed by atoms with E-state index >= 15 is 0 Å². The van der Waals surface area contributed by atoms with Crippen molar-refractivity contribution in [3.63, 3.8) is 0 Å². The Morgan fingerprint density at radius 2 is 1.93 bits per heavy atom. The number of halogens is 3. The van der Waals surface area contributed by atoms with E-state index in [0.717, 1.165) is 51.3 Å². The van der Waals surface area contributed by atoms with E-state index < -0.39 is 11.7 Å². The Morgan fingerprint density at radius 3 is 2.53 bits per heavy atom. The Bertz CT molecular complexity index is 739. The Labute approximate surface area is 176 Å². The molecule has 0 amide bonds. The van der Waals surface area contributed by atoms with Crippen LogP contribution in [0.4, 0.5) is 18.9 Å². The smallest absolute Gasteiger partial charge is 0.373 e. The second kappa shape index (κ2) is 9.43. The van der Waals surface area contributed by atoms with Crippen molar-refractivity contribution in [2.75, 3.05) is 58.3 Å². The van der Waals surface area contributed by atoms with Crippen molar-refractivity contribution in [3.05, 3.63) is 29.3 Å². The predicted molar refractivity (Wildman–Crippen MR) is 113 cm³/mol. The van der Waals surface area contributed by atoms with E-state index in [-0.39, 0.29) is 12.1 Å². The van der Waals surface area contributed by atoms with Gasteiger partial charge >= 0.3 is 6.18 Å². The van der Waals surface area contributed by atoms with Crippen molar-refractivity contribution in [1.82, 2.24) is 15.5 Å². The highest BCUT2D eigenvalue weighted by Gasteiger charge is 2.32. The number of piperazine rings is 1. The van der Waals surface area contributed by atoms with Crippen molar-refractivity contribution < 1.29 is 17.9 Å².